The normalized spacial score (nSPS) is 11.8. The Bertz CT molecular complexity index is 1260. The van der Waals surface area contributed by atoms with Gasteiger partial charge >= 0.3 is 0 Å². The second-order valence-electron chi connectivity index (χ2n) is 9.72. The smallest absolute Gasteiger partial charge is 0.225 e. The summed E-state index contributed by atoms with van der Waals surface area (Å²) in [5.41, 5.74) is 12.0. The Morgan fingerprint density at radius 2 is 1.78 bits per heavy atom. The van der Waals surface area contributed by atoms with Crippen LogP contribution in [-0.4, -0.2) is 41.0 Å². The van der Waals surface area contributed by atoms with Crippen LogP contribution in [0.5, 0.6) is 0 Å². The molecular formula is C31H42ClF2N5O2. The van der Waals surface area contributed by atoms with Gasteiger partial charge in [-0.3, -0.25) is 9.59 Å². The molecule has 0 saturated carbocycles. The van der Waals surface area contributed by atoms with Gasteiger partial charge in [0.15, 0.2) is 0 Å². The minimum atomic E-state index is -0.981. The highest BCUT2D eigenvalue weighted by Gasteiger charge is 2.23. The van der Waals surface area contributed by atoms with Crippen LogP contribution < -0.4 is 5.32 Å². The van der Waals surface area contributed by atoms with Gasteiger partial charge in [0, 0.05) is 37.5 Å². The zero-order chi connectivity index (χ0) is 30.9. The standard InChI is InChI=1S/C23H32FN3O2.C8H8ClF.H2N2/c1-5-7-23(29)27(4)20(14-19(24)6-2)10-11-22(28)26-21-13-18-12-16(3)8-9-17(18)15-25-21;1-2-6-4-3-5-7(10)8(6)9;1-2/h8-9,12-13,15,19-20H,5-7,10-11,14H2,1-4H3,(H,25,26,28);3-5H,2H2,1H3;1-2H. The summed E-state index contributed by atoms with van der Waals surface area (Å²) in [6, 6.07) is 12.5. The molecule has 1 aromatic heterocycles. The van der Waals surface area contributed by atoms with Crippen LogP contribution in [0.2, 0.25) is 5.02 Å². The molecule has 0 bridgehead atoms. The Morgan fingerprint density at radius 1 is 1.07 bits per heavy atom. The van der Waals surface area contributed by atoms with Crippen LogP contribution >= 0.6 is 11.6 Å². The number of pyridine rings is 1. The average molecular weight is 590 g/mol. The van der Waals surface area contributed by atoms with Gasteiger partial charge in [-0.2, -0.15) is 0 Å². The largest absolute Gasteiger partial charge is 0.343 e. The first-order valence-electron chi connectivity index (χ1n) is 13.8. The Labute approximate surface area is 247 Å². The first-order valence-corrected chi connectivity index (χ1v) is 14.2. The van der Waals surface area contributed by atoms with Crippen LogP contribution in [0.4, 0.5) is 14.6 Å². The fraction of sp³-hybridized carbons (Fsp3) is 0.452. The topological polar surface area (TPSA) is 110 Å². The summed E-state index contributed by atoms with van der Waals surface area (Å²) in [5.74, 6) is -0.0245. The molecule has 0 aliphatic carbocycles. The summed E-state index contributed by atoms with van der Waals surface area (Å²) in [4.78, 5) is 30.6. The van der Waals surface area contributed by atoms with Gasteiger partial charge in [0.1, 0.15) is 17.8 Å². The first-order chi connectivity index (χ1) is 19.6. The van der Waals surface area contributed by atoms with Gasteiger partial charge in [0.05, 0.1) is 5.02 Å². The molecule has 0 aliphatic rings. The van der Waals surface area contributed by atoms with Crippen molar-refractivity contribution in [1.29, 1.82) is 11.1 Å². The van der Waals surface area contributed by atoms with E-state index in [2.05, 4.69) is 10.3 Å². The number of fused-ring (bicyclic) bond motifs is 1. The van der Waals surface area contributed by atoms with E-state index >= 15 is 0 Å². The Kier molecular flexibility index (Phi) is 16.3. The number of benzene rings is 2. The van der Waals surface area contributed by atoms with Crippen molar-refractivity contribution < 1.29 is 18.4 Å². The van der Waals surface area contributed by atoms with Crippen molar-refractivity contribution in [2.75, 3.05) is 12.4 Å². The lowest BCUT2D eigenvalue weighted by Gasteiger charge is -2.29. The molecular weight excluding hydrogens is 548 g/mol. The minimum absolute atomic E-state index is 0.00669. The van der Waals surface area contributed by atoms with Crippen molar-refractivity contribution in [3.05, 3.63) is 70.6 Å². The number of aryl methyl sites for hydroxylation is 2. The van der Waals surface area contributed by atoms with Crippen molar-refractivity contribution in [3.8, 4) is 0 Å². The fourth-order valence-corrected chi connectivity index (χ4v) is 4.44. The highest BCUT2D eigenvalue weighted by Crippen LogP contribution is 2.21. The summed E-state index contributed by atoms with van der Waals surface area (Å²) >= 11 is 5.62. The maximum atomic E-state index is 14.0. The van der Waals surface area contributed by atoms with Gasteiger partial charge in [0.2, 0.25) is 11.8 Å². The van der Waals surface area contributed by atoms with Crippen LogP contribution in [0, 0.1) is 23.8 Å². The molecule has 0 aliphatic heterocycles. The SMILES string of the molecule is CCCC(=O)N(C)C(CCC(=O)Nc1cc2cc(C)ccc2cn1)CC(F)CC.CCc1cccc(F)c1Cl.N=N. The van der Waals surface area contributed by atoms with Gasteiger partial charge in [-0.15, -0.1) is 0 Å². The molecule has 3 aromatic rings. The van der Waals surface area contributed by atoms with E-state index in [0.717, 1.165) is 34.7 Å². The molecule has 3 rings (SSSR count). The number of carbonyl (C=O) groups is 2. The molecule has 3 N–H and O–H groups in total. The molecule has 0 fully saturated rings. The maximum Gasteiger partial charge on any atom is 0.225 e. The lowest BCUT2D eigenvalue weighted by Crippen LogP contribution is -2.39. The van der Waals surface area contributed by atoms with E-state index in [1.54, 1.807) is 31.1 Å². The van der Waals surface area contributed by atoms with E-state index in [9.17, 15) is 18.4 Å². The quantitative estimate of drug-likeness (QED) is 0.195. The molecule has 2 amide bonds. The van der Waals surface area contributed by atoms with Crippen LogP contribution in [0.15, 0.2) is 48.7 Å². The van der Waals surface area contributed by atoms with E-state index < -0.39 is 6.17 Å². The summed E-state index contributed by atoms with van der Waals surface area (Å²) < 4.78 is 26.6. The number of halogens is 3. The molecule has 224 valence electrons. The molecule has 0 radical (unpaired) electrons. The third-order valence-electron chi connectivity index (χ3n) is 6.64. The molecule has 2 atom stereocenters. The molecule has 1 heterocycles. The molecule has 7 nitrogen and oxygen atoms in total. The van der Waals surface area contributed by atoms with Gasteiger partial charge < -0.3 is 10.2 Å². The van der Waals surface area contributed by atoms with E-state index in [4.69, 9.17) is 22.7 Å². The summed E-state index contributed by atoms with van der Waals surface area (Å²) in [6.45, 7) is 7.69. The predicted molar refractivity (Wildman–Crippen MR) is 162 cm³/mol. The van der Waals surface area contributed by atoms with Crippen LogP contribution in [-0.2, 0) is 16.0 Å². The van der Waals surface area contributed by atoms with E-state index in [0.29, 0.717) is 25.1 Å². The third-order valence-corrected chi connectivity index (χ3v) is 7.06. The molecule has 10 heteroatoms. The van der Waals surface area contributed by atoms with E-state index in [-0.39, 0.29) is 41.5 Å². The summed E-state index contributed by atoms with van der Waals surface area (Å²) in [6.07, 6.45) is 3.99. The number of hydrogen-bond acceptors (Lipinski definition) is 5. The molecule has 0 saturated heterocycles. The van der Waals surface area contributed by atoms with Crippen molar-refractivity contribution >= 4 is 40.0 Å². The van der Waals surface area contributed by atoms with E-state index in [1.165, 1.54) is 6.07 Å². The van der Waals surface area contributed by atoms with Crippen molar-refractivity contribution in [1.82, 2.24) is 9.88 Å². The molecule has 2 aromatic carbocycles. The van der Waals surface area contributed by atoms with Gasteiger partial charge in [0.25, 0.3) is 0 Å². The van der Waals surface area contributed by atoms with Gasteiger partial charge in [-0.25, -0.2) is 24.8 Å². The minimum Gasteiger partial charge on any atom is -0.343 e. The van der Waals surface area contributed by atoms with Gasteiger partial charge in [-0.05, 0) is 62.1 Å². The Morgan fingerprint density at radius 3 is 2.39 bits per heavy atom. The van der Waals surface area contributed by atoms with Crippen molar-refractivity contribution in [2.24, 2.45) is 0 Å². The number of rotatable bonds is 11. The van der Waals surface area contributed by atoms with Crippen LogP contribution in [0.1, 0.15) is 70.4 Å². The van der Waals surface area contributed by atoms with Crippen LogP contribution in [0.25, 0.3) is 10.8 Å². The zero-order valence-electron chi connectivity index (χ0n) is 24.6. The lowest BCUT2D eigenvalue weighted by atomic mass is 10.0. The summed E-state index contributed by atoms with van der Waals surface area (Å²) in [7, 11) is 1.70. The molecule has 0 spiro atoms. The second-order valence-corrected chi connectivity index (χ2v) is 10.1. The van der Waals surface area contributed by atoms with Gasteiger partial charge in [-0.1, -0.05) is 68.3 Å². The summed E-state index contributed by atoms with van der Waals surface area (Å²) in [5, 5.41) is 5.10. The van der Waals surface area contributed by atoms with E-state index in [1.807, 2.05) is 51.1 Å². The lowest BCUT2D eigenvalue weighted by molar-refractivity contribution is -0.133. The highest BCUT2D eigenvalue weighted by atomic mass is 35.5. The van der Waals surface area contributed by atoms with Crippen LogP contribution in [0.3, 0.4) is 0 Å². The van der Waals surface area contributed by atoms with Crippen molar-refractivity contribution in [3.63, 3.8) is 0 Å². The number of nitrogens with zero attached hydrogens (tertiary/aromatic N) is 2. The Balaban J connectivity index is 0.000000584. The fourth-order valence-electron chi connectivity index (χ4n) is 4.18. The average Bonchev–Trinajstić information content (AvgIpc) is 2.97. The maximum absolute atomic E-state index is 14.0. The number of anilines is 1. The number of nitrogens with one attached hydrogen (secondary N) is 3. The first kappa shape index (κ1) is 35.6. The monoisotopic (exact) mass is 589 g/mol. The number of amides is 2. The second kappa shape index (κ2) is 18.8. The zero-order valence-corrected chi connectivity index (χ0v) is 25.3. The number of hydrogen-bond donors (Lipinski definition) is 3. The molecule has 41 heavy (non-hydrogen) atoms. The van der Waals surface area contributed by atoms with Crippen molar-refractivity contribution in [2.45, 2.75) is 84.9 Å². The highest BCUT2D eigenvalue weighted by molar-refractivity contribution is 6.31. The number of aromatic nitrogens is 1. The number of alkyl halides is 1. The Hall–Kier alpha value is -3.46. The molecule has 2 unspecified atom stereocenters. The number of carbonyl (C=O) groups excluding carboxylic acids is 2. The third kappa shape index (κ3) is 11.9. The predicted octanol–water partition coefficient (Wildman–Crippen LogP) is 8.66.